The van der Waals surface area contributed by atoms with Gasteiger partial charge in [0.1, 0.15) is 16.4 Å². The fourth-order valence-electron chi connectivity index (χ4n) is 3.48. The summed E-state index contributed by atoms with van der Waals surface area (Å²) in [4.78, 5) is 2.60. The average molecular weight is 333 g/mol. The normalized spacial score (nSPS) is 28.0. The van der Waals surface area contributed by atoms with E-state index in [9.17, 15) is 8.42 Å². The van der Waals surface area contributed by atoms with Crippen molar-refractivity contribution in [2.45, 2.75) is 49.0 Å². The zero-order valence-electron chi connectivity index (χ0n) is 12.4. The van der Waals surface area contributed by atoms with E-state index in [0.29, 0.717) is 36.7 Å². The van der Waals surface area contributed by atoms with Crippen molar-refractivity contribution >= 4 is 21.6 Å². The first-order chi connectivity index (χ1) is 9.93. The van der Waals surface area contributed by atoms with Gasteiger partial charge in [0.2, 0.25) is 10.0 Å². The number of alkyl halides is 1. The molecule has 2 aliphatic rings. The number of fused-ring (bicyclic) bond motifs is 2. The van der Waals surface area contributed by atoms with Gasteiger partial charge in [-0.2, -0.15) is 4.31 Å². The van der Waals surface area contributed by atoms with E-state index in [1.807, 2.05) is 0 Å². The summed E-state index contributed by atoms with van der Waals surface area (Å²) in [5.74, 6) is 1.11. The van der Waals surface area contributed by atoms with E-state index in [4.69, 9.17) is 16.0 Å². The van der Waals surface area contributed by atoms with Gasteiger partial charge in [-0.1, -0.05) is 0 Å². The van der Waals surface area contributed by atoms with E-state index in [1.54, 1.807) is 17.3 Å². The van der Waals surface area contributed by atoms with Crippen molar-refractivity contribution in [1.29, 1.82) is 0 Å². The number of furan rings is 1. The zero-order valence-corrected chi connectivity index (χ0v) is 14.0. The Hall–Kier alpha value is -0.560. The maximum atomic E-state index is 12.9. The SMILES string of the molecule is Cc1oc(CCl)cc1S(=O)(=O)N1CCC2CCC(C1)N2C. The van der Waals surface area contributed by atoms with Crippen LogP contribution in [0.25, 0.3) is 0 Å². The summed E-state index contributed by atoms with van der Waals surface area (Å²) in [5, 5.41) is 0. The molecule has 2 saturated heterocycles. The topological polar surface area (TPSA) is 53.8 Å². The van der Waals surface area contributed by atoms with Gasteiger partial charge in [-0.3, -0.25) is 4.90 Å². The van der Waals surface area contributed by atoms with Crippen molar-refractivity contribution < 1.29 is 12.8 Å². The molecular weight excluding hydrogens is 312 g/mol. The second-order valence-electron chi connectivity index (χ2n) is 5.97. The first-order valence-electron chi connectivity index (χ1n) is 7.31. The van der Waals surface area contributed by atoms with E-state index in [-0.39, 0.29) is 10.8 Å². The van der Waals surface area contributed by atoms with Crippen molar-refractivity contribution in [3.63, 3.8) is 0 Å². The van der Waals surface area contributed by atoms with Crippen LogP contribution >= 0.6 is 11.6 Å². The Morgan fingerprint density at radius 3 is 2.71 bits per heavy atom. The molecule has 2 fully saturated rings. The summed E-state index contributed by atoms with van der Waals surface area (Å²) in [6, 6.07) is 2.40. The highest BCUT2D eigenvalue weighted by atomic mass is 35.5. The summed E-state index contributed by atoms with van der Waals surface area (Å²) in [7, 11) is -1.39. The molecule has 5 nitrogen and oxygen atoms in total. The van der Waals surface area contributed by atoms with Crippen LogP contribution in [-0.4, -0.2) is 49.8 Å². The maximum absolute atomic E-state index is 12.9. The van der Waals surface area contributed by atoms with Crippen LogP contribution in [0.3, 0.4) is 0 Å². The fraction of sp³-hybridized carbons (Fsp3) is 0.714. The lowest BCUT2D eigenvalue weighted by atomic mass is 10.1. The molecule has 1 aromatic heterocycles. The minimum absolute atomic E-state index is 0.184. The van der Waals surface area contributed by atoms with Crippen LogP contribution in [0, 0.1) is 6.92 Å². The lowest BCUT2D eigenvalue weighted by Crippen LogP contribution is -2.39. The molecule has 2 aliphatic heterocycles. The number of nitrogens with zero attached hydrogens (tertiary/aromatic N) is 2. The molecule has 3 rings (SSSR count). The second-order valence-corrected chi connectivity index (χ2v) is 8.14. The van der Waals surface area contributed by atoms with E-state index < -0.39 is 10.0 Å². The van der Waals surface area contributed by atoms with Gasteiger partial charge >= 0.3 is 0 Å². The quantitative estimate of drug-likeness (QED) is 0.796. The monoisotopic (exact) mass is 332 g/mol. The van der Waals surface area contributed by atoms with Crippen molar-refractivity contribution in [3.8, 4) is 0 Å². The standard InChI is InChI=1S/C14H21ClN2O3S/c1-10-14(7-13(8-15)20-10)21(18,19)17-6-5-11-3-4-12(9-17)16(11)2/h7,11-12H,3-6,8-9H2,1-2H3. The van der Waals surface area contributed by atoms with Gasteiger partial charge in [0.05, 0.1) is 5.88 Å². The molecule has 7 heteroatoms. The largest absolute Gasteiger partial charge is 0.464 e. The third kappa shape index (κ3) is 2.63. The van der Waals surface area contributed by atoms with Crippen molar-refractivity contribution in [3.05, 3.63) is 17.6 Å². The van der Waals surface area contributed by atoms with Crippen LogP contribution in [0.4, 0.5) is 0 Å². The second kappa shape index (κ2) is 5.57. The lowest BCUT2D eigenvalue weighted by molar-refractivity contribution is 0.246. The molecule has 0 amide bonds. The van der Waals surface area contributed by atoms with E-state index in [1.165, 1.54) is 6.42 Å². The molecule has 0 N–H and O–H groups in total. The molecule has 0 radical (unpaired) electrons. The summed E-state index contributed by atoms with van der Waals surface area (Å²) in [6.07, 6.45) is 3.15. The summed E-state index contributed by atoms with van der Waals surface area (Å²) >= 11 is 5.74. The maximum Gasteiger partial charge on any atom is 0.246 e. The number of sulfonamides is 1. The smallest absolute Gasteiger partial charge is 0.246 e. The van der Waals surface area contributed by atoms with E-state index in [0.717, 1.165) is 12.8 Å². The molecule has 0 aliphatic carbocycles. The molecule has 2 unspecified atom stereocenters. The predicted octanol–water partition coefficient (Wildman–Crippen LogP) is 2.18. The zero-order chi connectivity index (χ0) is 15.2. The van der Waals surface area contributed by atoms with Crippen molar-refractivity contribution in [1.82, 2.24) is 9.21 Å². The Morgan fingerprint density at radius 2 is 2.05 bits per heavy atom. The van der Waals surface area contributed by atoms with Crippen LogP contribution in [0.1, 0.15) is 30.8 Å². The number of rotatable bonds is 3. The molecule has 2 atom stereocenters. The first kappa shape index (κ1) is 15.3. The Balaban J connectivity index is 1.89. The van der Waals surface area contributed by atoms with Crippen LogP contribution in [-0.2, 0) is 15.9 Å². The number of hydrogen-bond donors (Lipinski definition) is 0. The molecular formula is C14H21ClN2O3S. The minimum Gasteiger partial charge on any atom is -0.464 e. The van der Waals surface area contributed by atoms with Gasteiger partial charge in [0, 0.05) is 31.2 Å². The van der Waals surface area contributed by atoms with Gasteiger partial charge in [-0.15, -0.1) is 11.6 Å². The molecule has 0 saturated carbocycles. The van der Waals surface area contributed by atoms with Gasteiger partial charge in [-0.05, 0) is 33.2 Å². The Labute approximate surface area is 130 Å². The Kier molecular flexibility index (Phi) is 4.07. The predicted molar refractivity (Wildman–Crippen MR) is 81.0 cm³/mol. The van der Waals surface area contributed by atoms with Crippen LogP contribution < -0.4 is 0 Å². The Morgan fingerprint density at radius 1 is 1.33 bits per heavy atom. The highest BCUT2D eigenvalue weighted by molar-refractivity contribution is 7.89. The van der Waals surface area contributed by atoms with Crippen molar-refractivity contribution in [2.75, 3.05) is 20.1 Å². The summed E-state index contributed by atoms with van der Waals surface area (Å²) in [5.41, 5.74) is 0. The van der Waals surface area contributed by atoms with Gasteiger partial charge in [0.25, 0.3) is 0 Å². The molecule has 1 aromatic rings. The molecule has 118 valence electrons. The lowest BCUT2D eigenvalue weighted by Gasteiger charge is -2.25. The third-order valence-corrected chi connectivity index (χ3v) is 7.02. The highest BCUT2D eigenvalue weighted by Gasteiger charge is 2.39. The average Bonchev–Trinajstić information content (AvgIpc) is 2.90. The van der Waals surface area contributed by atoms with Crippen LogP contribution in [0.2, 0.25) is 0 Å². The minimum atomic E-state index is -3.50. The number of halogens is 1. The molecule has 21 heavy (non-hydrogen) atoms. The molecule has 2 bridgehead atoms. The third-order valence-electron chi connectivity index (χ3n) is 4.78. The van der Waals surface area contributed by atoms with Crippen LogP contribution in [0.15, 0.2) is 15.4 Å². The van der Waals surface area contributed by atoms with Crippen molar-refractivity contribution in [2.24, 2.45) is 0 Å². The number of likely N-dealkylation sites (N-methyl/N-ethyl adjacent to an activating group) is 1. The highest BCUT2D eigenvalue weighted by Crippen LogP contribution is 2.32. The summed E-state index contributed by atoms with van der Waals surface area (Å²) in [6.45, 7) is 2.82. The Bertz CT molecular complexity index is 628. The van der Waals surface area contributed by atoms with Crippen LogP contribution in [0.5, 0.6) is 0 Å². The molecule has 3 heterocycles. The van der Waals surface area contributed by atoms with Gasteiger partial charge < -0.3 is 4.42 Å². The van der Waals surface area contributed by atoms with E-state index >= 15 is 0 Å². The molecule has 0 spiro atoms. The number of hydrogen-bond acceptors (Lipinski definition) is 4. The van der Waals surface area contributed by atoms with Gasteiger partial charge in [0.15, 0.2) is 0 Å². The number of aryl methyl sites for hydroxylation is 1. The summed E-state index contributed by atoms with van der Waals surface area (Å²) < 4.78 is 32.8. The van der Waals surface area contributed by atoms with Gasteiger partial charge in [-0.25, -0.2) is 8.42 Å². The fourth-order valence-corrected chi connectivity index (χ4v) is 5.29. The molecule has 0 aromatic carbocycles. The first-order valence-corrected chi connectivity index (χ1v) is 9.28. The van der Waals surface area contributed by atoms with E-state index in [2.05, 4.69) is 11.9 Å².